The number of fused-ring (bicyclic) bond motifs is 1. The largest absolute Gasteiger partial charge is 0.351 e. The molecule has 2 unspecified atom stereocenters. The number of pyridine rings is 1. The molecule has 3 heterocycles. The van der Waals surface area contributed by atoms with Crippen LogP contribution in [0.2, 0.25) is 0 Å². The molecule has 0 bridgehead atoms. The van der Waals surface area contributed by atoms with Gasteiger partial charge in [0.2, 0.25) is 17.8 Å². The third kappa shape index (κ3) is 2.36. The Morgan fingerprint density at radius 3 is 2.88 bits per heavy atom. The second-order valence-corrected chi connectivity index (χ2v) is 5.43. The van der Waals surface area contributed by atoms with Crippen molar-refractivity contribution in [1.29, 1.82) is 0 Å². The van der Waals surface area contributed by atoms with Crippen molar-refractivity contribution in [2.24, 2.45) is 0 Å². The number of aromatic nitrogens is 2. The van der Waals surface area contributed by atoms with Gasteiger partial charge in [0, 0.05) is 6.20 Å². The van der Waals surface area contributed by atoms with Gasteiger partial charge in [-0.25, -0.2) is 4.39 Å². The van der Waals surface area contributed by atoms with Gasteiger partial charge < -0.3 is 14.4 Å². The molecule has 0 amide bonds. The van der Waals surface area contributed by atoms with Crippen LogP contribution in [0.1, 0.15) is 22.1 Å². The molecule has 1 saturated heterocycles. The normalized spacial score (nSPS) is 20.4. The molecule has 1 aliphatic heterocycles. The molecule has 1 N–H and O–H groups in total. The Morgan fingerprint density at radius 2 is 2.16 bits per heavy atom. The van der Waals surface area contributed by atoms with Crippen molar-refractivity contribution in [2.45, 2.75) is 12.5 Å². The highest BCUT2D eigenvalue weighted by molar-refractivity contribution is 5.94. The van der Waals surface area contributed by atoms with E-state index in [4.69, 9.17) is 9.26 Å². The molecule has 0 spiro atoms. The van der Waals surface area contributed by atoms with Gasteiger partial charge >= 0.3 is 0 Å². The van der Waals surface area contributed by atoms with Crippen LogP contribution < -0.4 is 4.90 Å². The third-order valence-corrected chi connectivity index (χ3v) is 4.03. The minimum atomic E-state index is -1.38. The predicted octanol–water partition coefficient (Wildman–Crippen LogP) is 2.17. The SMILES string of the molecule is O=Cc1cc2c(N3C(O)OCC3c3ccccn3)noc2c(F)c1F. The summed E-state index contributed by atoms with van der Waals surface area (Å²) in [5.41, 5.74) is -0.330. The molecule has 2 aromatic heterocycles. The quantitative estimate of drug-likeness (QED) is 0.726. The maximum atomic E-state index is 14.1. The van der Waals surface area contributed by atoms with E-state index in [1.54, 1.807) is 24.4 Å². The summed E-state index contributed by atoms with van der Waals surface area (Å²) in [6.07, 6.45) is 0.397. The number of rotatable bonds is 3. The van der Waals surface area contributed by atoms with Gasteiger partial charge in [0.05, 0.1) is 23.3 Å². The van der Waals surface area contributed by atoms with Crippen LogP contribution in [0.4, 0.5) is 14.6 Å². The van der Waals surface area contributed by atoms with Gasteiger partial charge in [-0.15, -0.1) is 0 Å². The molecule has 1 aliphatic rings. The molecule has 3 aromatic rings. The first-order valence-electron chi connectivity index (χ1n) is 7.33. The molecular weight excluding hydrogens is 336 g/mol. The fourth-order valence-electron chi connectivity index (χ4n) is 2.84. The van der Waals surface area contributed by atoms with E-state index in [1.165, 1.54) is 4.90 Å². The maximum absolute atomic E-state index is 14.1. The summed E-state index contributed by atoms with van der Waals surface area (Å²) in [6, 6.07) is 5.84. The molecule has 1 aromatic carbocycles. The summed E-state index contributed by atoms with van der Waals surface area (Å²) in [7, 11) is 0. The van der Waals surface area contributed by atoms with Crippen molar-refractivity contribution in [2.75, 3.05) is 11.5 Å². The number of ether oxygens (including phenoxy) is 1. The molecule has 9 heteroatoms. The summed E-state index contributed by atoms with van der Waals surface area (Å²) in [5.74, 6) is -2.61. The first-order valence-corrected chi connectivity index (χ1v) is 7.33. The van der Waals surface area contributed by atoms with Crippen LogP contribution in [-0.2, 0) is 4.74 Å². The lowest BCUT2D eigenvalue weighted by atomic mass is 10.1. The van der Waals surface area contributed by atoms with Gasteiger partial charge in [0.15, 0.2) is 17.9 Å². The number of aldehydes is 1. The van der Waals surface area contributed by atoms with E-state index in [-0.39, 0.29) is 24.1 Å². The zero-order valence-corrected chi connectivity index (χ0v) is 12.6. The van der Waals surface area contributed by atoms with Crippen molar-refractivity contribution in [3.63, 3.8) is 0 Å². The van der Waals surface area contributed by atoms with E-state index in [0.29, 0.717) is 5.69 Å². The second-order valence-electron chi connectivity index (χ2n) is 5.43. The van der Waals surface area contributed by atoms with Gasteiger partial charge in [-0.2, -0.15) is 4.39 Å². The number of carbonyl (C=O) groups is 1. The van der Waals surface area contributed by atoms with E-state index in [2.05, 4.69) is 10.1 Å². The van der Waals surface area contributed by atoms with E-state index in [0.717, 1.165) is 6.07 Å². The van der Waals surface area contributed by atoms with Crippen molar-refractivity contribution in [1.82, 2.24) is 10.1 Å². The molecule has 4 rings (SSSR count). The molecule has 2 atom stereocenters. The molecule has 0 saturated carbocycles. The molecule has 1 fully saturated rings. The summed E-state index contributed by atoms with van der Waals surface area (Å²) in [4.78, 5) is 16.5. The third-order valence-electron chi connectivity index (χ3n) is 4.03. The molecule has 128 valence electrons. The highest BCUT2D eigenvalue weighted by atomic mass is 19.2. The number of nitrogens with zero attached hydrogens (tertiary/aromatic N) is 3. The number of hydrogen-bond acceptors (Lipinski definition) is 7. The highest BCUT2D eigenvalue weighted by Gasteiger charge is 2.38. The summed E-state index contributed by atoms with van der Waals surface area (Å²) in [5, 5.41) is 13.9. The average Bonchev–Trinajstić information content (AvgIpc) is 3.22. The lowest BCUT2D eigenvalue weighted by molar-refractivity contribution is -0.0579. The van der Waals surface area contributed by atoms with E-state index in [1.807, 2.05) is 0 Å². The molecule has 25 heavy (non-hydrogen) atoms. The lowest BCUT2D eigenvalue weighted by Crippen LogP contribution is -2.32. The first-order chi connectivity index (χ1) is 12.1. The minimum absolute atomic E-state index is 0.0256. The summed E-state index contributed by atoms with van der Waals surface area (Å²) >= 11 is 0. The van der Waals surface area contributed by atoms with Crippen molar-refractivity contribution < 1.29 is 27.9 Å². The molecule has 0 aliphatic carbocycles. The van der Waals surface area contributed by atoms with Crippen LogP contribution in [0.3, 0.4) is 0 Å². The number of aliphatic hydroxyl groups is 1. The molecular formula is C16H11F2N3O4. The van der Waals surface area contributed by atoms with Crippen LogP contribution in [-0.4, -0.2) is 34.6 Å². The number of benzene rings is 1. The Kier molecular flexibility index (Phi) is 3.66. The Hall–Kier alpha value is -2.91. The van der Waals surface area contributed by atoms with Crippen LogP contribution in [0.5, 0.6) is 0 Å². The lowest BCUT2D eigenvalue weighted by Gasteiger charge is -2.24. The number of hydrogen-bond donors (Lipinski definition) is 1. The first kappa shape index (κ1) is 15.6. The van der Waals surface area contributed by atoms with Gasteiger partial charge in [-0.3, -0.25) is 14.7 Å². The fourth-order valence-corrected chi connectivity index (χ4v) is 2.84. The molecule has 7 nitrogen and oxygen atoms in total. The zero-order valence-electron chi connectivity index (χ0n) is 12.6. The Bertz CT molecular complexity index is 947. The van der Waals surface area contributed by atoms with Crippen molar-refractivity contribution in [3.05, 3.63) is 53.4 Å². The minimum Gasteiger partial charge on any atom is -0.351 e. The second kappa shape index (κ2) is 5.87. The Balaban J connectivity index is 1.88. The van der Waals surface area contributed by atoms with Gasteiger partial charge in [-0.05, 0) is 18.2 Å². The topological polar surface area (TPSA) is 88.7 Å². The van der Waals surface area contributed by atoms with Crippen LogP contribution >= 0.6 is 0 Å². The highest BCUT2D eigenvalue weighted by Crippen LogP contribution is 2.38. The zero-order chi connectivity index (χ0) is 17.6. The number of anilines is 1. The van der Waals surface area contributed by atoms with Crippen LogP contribution in [0.15, 0.2) is 35.0 Å². The Labute approximate surface area is 139 Å². The fraction of sp³-hybridized carbons (Fsp3) is 0.188. The maximum Gasteiger partial charge on any atom is 0.239 e. The number of halogens is 2. The smallest absolute Gasteiger partial charge is 0.239 e. The number of aliphatic hydroxyl groups excluding tert-OH is 1. The van der Waals surface area contributed by atoms with Gasteiger partial charge in [0.1, 0.15) is 6.04 Å². The summed E-state index contributed by atoms with van der Waals surface area (Å²) < 4.78 is 37.9. The van der Waals surface area contributed by atoms with Crippen LogP contribution in [0, 0.1) is 11.6 Å². The van der Waals surface area contributed by atoms with Crippen LogP contribution in [0.25, 0.3) is 11.0 Å². The predicted molar refractivity (Wildman–Crippen MR) is 80.7 cm³/mol. The molecule has 0 radical (unpaired) electrons. The standard InChI is InChI=1S/C16H11F2N3O4/c17-12-8(6-22)5-9-14(13(12)18)25-20-15(9)21-11(7-24-16(21)23)10-3-1-2-4-19-10/h1-6,11,16,23H,7H2. The van der Waals surface area contributed by atoms with Gasteiger partial charge in [0.25, 0.3) is 0 Å². The van der Waals surface area contributed by atoms with E-state index >= 15 is 0 Å². The average molecular weight is 347 g/mol. The van der Waals surface area contributed by atoms with E-state index in [9.17, 15) is 18.7 Å². The monoisotopic (exact) mass is 347 g/mol. The number of carbonyl (C=O) groups excluding carboxylic acids is 1. The van der Waals surface area contributed by atoms with Gasteiger partial charge in [-0.1, -0.05) is 11.2 Å². The van der Waals surface area contributed by atoms with Crippen molar-refractivity contribution >= 4 is 23.1 Å². The summed E-state index contributed by atoms with van der Waals surface area (Å²) in [6.45, 7) is 0.108. The Morgan fingerprint density at radius 1 is 1.32 bits per heavy atom. The van der Waals surface area contributed by atoms with E-state index < -0.39 is 35.2 Å². The van der Waals surface area contributed by atoms with Crippen molar-refractivity contribution in [3.8, 4) is 0 Å².